The lowest BCUT2D eigenvalue weighted by Crippen LogP contribution is -2.29. The SMILES string of the molecule is CCCCCCCCCCCCCCCCCCNC(=O)c1cccc(OC(C)=O)c1COC(=O)NCCCN(C)C. The third-order valence-corrected chi connectivity index (χ3v) is 7.35. The van der Waals surface area contributed by atoms with Gasteiger partial charge in [-0.3, -0.25) is 9.59 Å². The first-order chi connectivity index (χ1) is 20.3. The van der Waals surface area contributed by atoms with Crippen LogP contribution in [-0.4, -0.2) is 56.6 Å². The summed E-state index contributed by atoms with van der Waals surface area (Å²) in [6.45, 7) is 5.29. The molecular formula is C34H59N3O5. The van der Waals surface area contributed by atoms with Gasteiger partial charge >= 0.3 is 12.1 Å². The molecule has 1 rings (SSSR count). The van der Waals surface area contributed by atoms with Crippen molar-refractivity contribution in [1.29, 1.82) is 0 Å². The molecule has 0 atom stereocenters. The molecule has 0 aliphatic heterocycles. The average molecular weight is 590 g/mol. The van der Waals surface area contributed by atoms with E-state index in [0.29, 0.717) is 24.2 Å². The third kappa shape index (κ3) is 19.5. The quantitative estimate of drug-likeness (QED) is 0.0687. The van der Waals surface area contributed by atoms with Crippen molar-refractivity contribution in [2.45, 2.75) is 130 Å². The maximum atomic E-state index is 13.0. The van der Waals surface area contributed by atoms with Crippen LogP contribution in [0.2, 0.25) is 0 Å². The number of nitrogens with zero attached hydrogens (tertiary/aromatic N) is 1. The Labute approximate surface area is 255 Å². The summed E-state index contributed by atoms with van der Waals surface area (Å²) in [7, 11) is 3.94. The Kier molecular flexibility index (Phi) is 22.2. The van der Waals surface area contributed by atoms with Crippen LogP contribution in [0.25, 0.3) is 0 Å². The van der Waals surface area contributed by atoms with Crippen LogP contribution in [0, 0.1) is 0 Å². The molecule has 0 bridgehead atoms. The number of nitrogens with one attached hydrogen (secondary N) is 2. The van der Waals surface area contributed by atoms with Gasteiger partial charge in [-0.1, -0.05) is 109 Å². The highest BCUT2D eigenvalue weighted by atomic mass is 16.6. The molecule has 1 aromatic carbocycles. The number of amides is 2. The molecule has 2 amide bonds. The summed E-state index contributed by atoms with van der Waals surface area (Å²) < 4.78 is 10.6. The molecule has 0 fully saturated rings. The number of alkyl carbamates (subject to hydrolysis) is 1. The van der Waals surface area contributed by atoms with Crippen molar-refractivity contribution in [3.63, 3.8) is 0 Å². The summed E-state index contributed by atoms with van der Waals surface area (Å²) >= 11 is 0. The van der Waals surface area contributed by atoms with Crippen molar-refractivity contribution in [1.82, 2.24) is 15.5 Å². The Morgan fingerprint density at radius 2 is 1.24 bits per heavy atom. The number of unbranched alkanes of at least 4 members (excludes halogenated alkanes) is 15. The smallest absolute Gasteiger partial charge is 0.407 e. The van der Waals surface area contributed by atoms with Crippen LogP contribution in [0.1, 0.15) is 139 Å². The fraction of sp³-hybridized carbons (Fsp3) is 0.735. The van der Waals surface area contributed by atoms with Crippen molar-refractivity contribution in [3.8, 4) is 5.75 Å². The van der Waals surface area contributed by atoms with E-state index in [9.17, 15) is 14.4 Å². The van der Waals surface area contributed by atoms with E-state index in [-0.39, 0.29) is 18.3 Å². The molecular weight excluding hydrogens is 530 g/mol. The summed E-state index contributed by atoms with van der Waals surface area (Å²) in [5, 5.41) is 5.68. The van der Waals surface area contributed by atoms with Crippen molar-refractivity contribution in [3.05, 3.63) is 29.3 Å². The molecule has 0 radical (unpaired) electrons. The zero-order valence-corrected chi connectivity index (χ0v) is 27.1. The van der Waals surface area contributed by atoms with Crippen LogP contribution < -0.4 is 15.4 Å². The molecule has 0 aromatic heterocycles. The predicted octanol–water partition coefficient (Wildman–Crippen LogP) is 7.78. The van der Waals surface area contributed by atoms with Gasteiger partial charge in [0.25, 0.3) is 5.91 Å². The van der Waals surface area contributed by atoms with E-state index >= 15 is 0 Å². The summed E-state index contributed by atoms with van der Waals surface area (Å²) in [4.78, 5) is 38.8. The van der Waals surface area contributed by atoms with Gasteiger partial charge in [-0.25, -0.2) is 4.79 Å². The average Bonchev–Trinajstić information content (AvgIpc) is 2.95. The molecule has 0 saturated carbocycles. The Morgan fingerprint density at radius 1 is 0.714 bits per heavy atom. The second-order valence-electron chi connectivity index (χ2n) is 11.6. The Bertz CT molecular complexity index is 875. The Morgan fingerprint density at radius 3 is 1.76 bits per heavy atom. The predicted molar refractivity (Wildman–Crippen MR) is 171 cm³/mol. The molecule has 240 valence electrons. The van der Waals surface area contributed by atoms with E-state index < -0.39 is 12.1 Å². The minimum Gasteiger partial charge on any atom is -0.445 e. The Balaban J connectivity index is 2.29. The minimum absolute atomic E-state index is 0.176. The number of benzene rings is 1. The van der Waals surface area contributed by atoms with Gasteiger partial charge in [0.1, 0.15) is 12.4 Å². The van der Waals surface area contributed by atoms with Crippen LogP contribution >= 0.6 is 0 Å². The van der Waals surface area contributed by atoms with Crippen LogP contribution in [0.4, 0.5) is 4.79 Å². The van der Waals surface area contributed by atoms with Gasteiger partial charge in [0, 0.05) is 31.1 Å². The van der Waals surface area contributed by atoms with E-state index in [1.807, 2.05) is 19.0 Å². The zero-order valence-electron chi connectivity index (χ0n) is 27.1. The van der Waals surface area contributed by atoms with Gasteiger partial charge in [0.05, 0.1) is 0 Å². The highest BCUT2D eigenvalue weighted by molar-refractivity contribution is 5.96. The van der Waals surface area contributed by atoms with E-state index in [2.05, 4.69) is 17.6 Å². The van der Waals surface area contributed by atoms with Crippen molar-refractivity contribution in [2.75, 3.05) is 33.7 Å². The lowest BCUT2D eigenvalue weighted by Gasteiger charge is -2.15. The number of carbonyl (C=O) groups excluding carboxylic acids is 3. The number of rotatable bonds is 25. The second-order valence-corrected chi connectivity index (χ2v) is 11.6. The molecule has 2 N–H and O–H groups in total. The van der Waals surface area contributed by atoms with Crippen LogP contribution in [-0.2, 0) is 16.1 Å². The second kappa shape index (κ2) is 24.9. The van der Waals surface area contributed by atoms with Gasteiger partial charge < -0.3 is 25.0 Å². The van der Waals surface area contributed by atoms with Crippen molar-refractivity contribution in [2.24, 2.45) is 0 Å². The number of hydrogen-bond donors (Lipinski definition) is 2. The fourth-order valence-corrected chi connectivity index (χ4v) is 4.92. The monoisotopic (exact) mass is 589 g/mol. The van der Waals surface area contributed by atoms with Crippen LogP contribution in [0.15, 0.2) is 18.2 Å². The van der Waals surface area contributed by atoms with Gasteiger partial charge in [-0.2, -0.15) is 0 Å². The van der Waals surface area contributed by atoms with Gasteiger partial charge in [-0.15, -0.1) is 0 Å². The topological polar surface area (TPSA) is 97.0 Å². The molecule has 8 heteroatoms. The van der Waals surface area contributed by atoms with E-state index in [4.69, 9.17) is 9.47 Å². The van der Waals surface area contributed by atoms with Gasteiger partial charge in [-0.05, 0) is 45.6 Å². The number of hydrogen-bond acceptors (Lipinski definition) is 6. The van der Waals surface area contributed by atoms with E-state index in [1.165, 1.54) is 96.8 Å². The summed E-state index contributed by atoms with van der Waals surface area (Å²) in [6.07, 6.45) is 21.1. The molecule has 0 heterocycles. The van der Waals surface area contributed by atoms with E-state index in [0.717, 1.165) is 25.8 Å². The summed E-state index contributed by atoms with van der Waals surface area (Å²) in [5.41, 5.74) is 0.714. The molecule has 1 aromatic rings. The lowest BCUT2D eigenvalue weighted by molar-refractivity contribution is -0.131. The molecule has 0 saturated heterocycles. The summed E-state index contributed by atoms with van der Waals surface area (Å²) in [5.74, 6) is -0.553. The number of esters is 1. The maximum Gasteiger partial charge on any atom is 0.407 e. The van der Waals surface area contributed by atoms with Crippen LogP contribution in [0.3, 0.4) is 0 Å². The molecule has 8 nitrogen and oxygen atoms in total. The van der Waals surface area contributed by atoms with Crippen LogP contribution in [0.5, 0.6) is 5.75 Å². The zero-order chi connectivity index (χ0) is 30.8. The maximum absolute atomic E-state index is 13.0. The Hall–Kier alpha value is -2.61. The fourth-order valence-electron chi connectivity index (χ4n) is 4.92. The number of carbonyl (C=O) groups is 3. The molecule has 0 aliphatic carbocycles. The van der Waals surface area contributed by atoms with Gasteiger partial charge in [0.15, 0.2) is 0 Å². The van der Waals surface area contributed by atoms with Crippen molar-refractivity contribution >= 4 is 18.0 Å². The lowest BCUT2D eigenvalue weighted by atomic mass is 10.0. The highest BCUT2D eigenvalue weighted by Gasteiger charge is 2.18. The largest absolute Gasteiger partial charge is 0.445 e. The highest BCUT2D eigenvalue weighted by Crippen LogP contribution is 2.24. The first kappa shape index (κ1) is 37.4. The van der Waals surface area contributed by atoms with E-state index in [1.54, 1.807) is 18.2 Å². The van der Waals surface area contributed by atoms with Gasteiger partial charge in [0.2, 0.25) is 0 Å². The first-order valence-electron chi connectivity index (χ1n) is 16.5. The molecule has 0 unspecified atom stereocenters. The third-order valence-electron chi connectivity index (χ3n) is 7.35. The number of ether oxygens (including phenoxy) is 2. The van der Waals surface area contributed by atoms with Crippen molar-refractivity contribution < 1.29 is 23.9 Å². The summed E-state index contributed by atoms with van der Waals surface area (Å²) in [6, 6.07) is 4.91. The standard InChI is InChI=1S/C34H59N3O5/c1-5-6-7-8-9-10-11-12-13-14-15-16-17-18-19-20-25-35-33(39)30-23-21-24-32(42-29(2)38)31(30)28-41-34(40)36-26-22-27-37(3)4/h21,23-24H,5-20,22,25-28H2,1-4H3,(H,35,39)(H,36,40). The first-order valence-corrected chi connectivity index (χ1v) is 16.5. The minimum atomic E-state index is -0.578. The molecule has 42 heavy (non-hydrogen) atoms. The normalized spacial score (nSPS) is 11.0. The molecule has 0 aliphatic rings. The molecule has 0 spiro atoms.